The molecule has 1 unspecified atom stereocenters. The van der Waals surface area contributed by atoms with E-state index >= 15 is 0 Å². The van der Waals surface area contributed by atoms with Crippen molar-refractivity contribution in [1.29, 1.82) is 0 Å². The molecule has 2 N–H and O–H groups in total. The van der Waals surface area contributed by atoms with Crippen molar-refractivity contribution in [2.75, 3.05) is 18.1 Å². The summed E-state index contributed by atoms with van der Waals surface area (Å²) in [7, 11) is 0. The Balaban J connectivity index is 1.93. The van der Waals surface area contributed by atoms with E-state index in [-0.39, 0.29) is 28.9 Å². The van der Waals surface area contributed by atoms with Gasteiger partial charge in [0, 0.05) is 17.3 Å². The van der Waals surface area contributed by atoms with Gasteiger partial charge in [-0.3, -0.25) is 14.5 Å². The molecular weight excluding hydrogens is 486 g/mol. The summed E-state index contributed by atoms with van der Waals surface area (Å²) in [6.07, 6.45) is -0.0930. The van der Waals surface area contributed by atoms with E-state index < -0.39 is 17.7 Å². The van der Waals surface area contributed by atoms with E-state index in [2.05, 4.69) is 0 Å². The quantitative estimate of drug-likeness (QED) is 0.216. The highest BCUT2D eigenvalue weighted by Crippen LogP contribution is 2.44. The third-order valence-electron chi connectivity index (χ3n) is 5.93. The molecular formula is C30H31NO7. The van der Waals surface area contributed by atoms with Crippen molar-refractivity contribution in [2.24, 2.45) is 0 Å². The van der Waals surface area contributed by atoms with E-state index in [0.29, 0.717) is 41.5 Å². The zero-order chi connectivity index (χ0) is 27.4. The number of aliphatic hydroxyl groups excluding tert-OH is 1. The number of phenolic OH excluding ortho intramolecular Hbond substituents is 1. The van der Waals surface area contributed by atoms with Gasteiger partial charge < -0.3 is 24.4 Å². The molecule has 1 aliphatic rings. The third-order valence-corrected chi connectivity index (χ3v) is 5.93. The number of Topliss-reactive ketones (excluding diaryl/α,β-unsaturated/α-hetero) is 1. The van der Waals surface area contributed by atoms with Gasteiger partial charge in [0.15, 0.2) is 11.5 Å². The van der Waals surface area contributed by atoms with E-state index in [9.17, 15) is 19.8 Å². The lowest BCUT2D eigenvalue weighted by Crippen LogP contribution is -2.29. The molecule has 8 heteroatoms. The van der Waals surface area contributed by atoms with Gasteiger partial charge in [-0.25, -0.2) is 0 Å². The predicted molar refractivity (Wildman–Crippen MR) is 144 cm³/mol. The van der Waals surface area contributed by atoms with Crippen LogP contribution in [-0.4, -0.2) is 41.2 Å². The zero-order valence-corrected chi connectivity index (χ0v) is 21.8. The number of carbonyl (C=O) groups excluding carboxylic acids is 2. The van der Waals surface area contributed by atoms with Gasteiger partial charge in [-0.05, 0) is 69.7 Å². The van der Waals surface area contributed by atoms with Crippen molar-refractivity contribution in [1.82, 2.24) is 0 Å². The highest BCUT2D eigenvalue weighted by Gasteiger charge is 2.47. The van der Waals surface area contributed by atoms with Gasteiger partial charge in [-0.15, -0.1) is 0 Å². The van der Waals surface area contributed by atoms with Crippen molar-refractivity contribution >= 4 is 23.1 Å². The molecule has 198 valence electrons. The van der Waals surface area contributed by atoms with E-state index in [4.69, 9.17) is 14.2 Å². The van der Waals surface area contributed by atoms with Crippen LogP contribution in [0.25, 0.3) is 5.76 Å². The molecule has 1 amide bonds. The first-order chi connectivity index (χ1) is 18.2. The van der Waals surface area contributed by atoms with Gasteiger partial charge >= 0.3 is 0 Å². The summed E-state index contributed by atoms with van der Waals surface area (Å²) in [6, 6.07) is 17.2. The summed E-state index contributed by atoms with van der Waals surface area (Å²) < 4.78 is 16.9. The largest absolute Gasteiger partial charge is 0.507 e. The number of ketones is 1. The Kier molecular flexibility index (Phi) is 7.90. The Labute approximate surface area is 221 Å². The van der Waals surface area contributed by atoms with Gasteiger partial charge in [0.1, 0.15) is 17.3 Å². The molecule has 0 aliphatic carbocycles. The van der Waals surface area contributed by atoms with Gasteiger partial charge in [-0.2, -0.15) is 0 Å². The number of hydrogen-bond donors (Lipinski definition) is 2. The summed E-state index contributed by atoms with van der Waals surface area (Å²) in [5.74, 6) is -0.804. The molecule has 1 heterocycles. The summed E-state index contributed by atoms with van der Waals surface area (Å²) in [5, 5.41) is 21.7. The van der Waals surface area contributed by atoms with Crippen LogP contribution in [0.3, 0.4) is 0 Å². The van der Waals surface area contributed by atoms with Crippen molar-refractivity contribution in [2.45, 2.75) is 39.8 Å². The lowest BCUT2D eigenvalue weighted by molar-refractivity contribution is -0.132. The fraction of sp³-hybridized carbons (Fsp3) is 0.267. The average molecular weight is 518 g/mol. The van der Waals surface area contributed by atoms with Gasteiger partial charge in [-0.1, -0.05) is 24.3 Å². The van der Waals surface area contributed by atoms with Crippen LogP contribution in [0.1, 0.15) is 44.9 Å². The number of carbonyl (C=O) groups is 2. The van der Waals surface area contributed by atoms with Crippen LogP contribution in [0.5, 0.6) is 23.0 Å². The maximum atomic E-state index is 13.5. The molecule has 4 rings (SSSR count). The molecule has 0 saturated carbocycles. The molecule has 0 bridgehead atoms. The first kappa shape index (κ1) is 26.6. The highest BCUT2D eigenvalue weighted by atomic mass is 16.5. The zero-order valence-electron chi connectivity index (χ0n) is 21.8. The number of nitrogens with zero attached hydrogens (tertiary/aromatic N) is 1. The fourth-order valence-corrected chi connectivity index (χ4v) is 4.42. The standard InChI is InChI=1S/C30H31NO7/c1-5-36-22-11-8-10-21(17-22)31-27(19-13-14-24(32)25(16-19)37-6-2)26(29(34)30(31)35)28(33)20-9-7-12-23(15-20)38-18(3)4/h7-18,27,32-33H,5-6H2,1-4H3/b28-26-. The summed E-state index contributed by atoms with van der Waals surface area (Å²) >= 11 is 0. The Bertz CT molecular complexity index is 1380. The number of phenols is 1. The number of aromatic hydroxyl groups is 1. The third kappa shape index (κ3) is 5.29. The second-order valence-corrected chi connectivity index (χ2v) is 8.95. The van der Waals surface area contributed by atoms with E-state index in [1.165, 1.54) is 11.0 Å². The molecule has 1 saturated heterocycles. The van der Waals surface area contributed by atoms with E-state index in [0.717, 1.165) is 0 Å². The topological polar surface area (TPSA) is 106 Å². The van der Waals surface area contributed by atoms with Crippen molar-refractivity contribution in [3.8, 4) is 23.0 Å². The molecule has 1 aliphatic heterocycles. The minimum atomic E-state index is -0.999. The minimum Gasteiger partial charge on any atom is -0.507 e. The average Bonchev–Trinajstić information content (AvgIpc) is 3.15. The summed E-state index contributed by atoms with van der Waals surface area (Å²) in [6.45, 7) is 8.13. The maximum Gasteiger partial charge on any atom is 0.300 e. The number of amides is 1. The number of hydrogen-bond acceptors (Lipinski definition) is 7. The van der Waals surface area contributed by atoms with Gasteiger partial charge in [0.2, 0.25) is 0 Å². The predicted octanol–water partition coefficient (Wildman–Crippen LogP) is 5.60. The Morgan fingerprint density at radius 2 is 1.63 bits per heavy atom. The van der Waals surface area contributed by atoms with Crippen LogP contribution < -0.4 is 19.1 Å². The fourth-order valence-electron chi connectivity index (χ4n) is 4.42. The molecule has 3 aromatic carbocycles. The van der Waals surface area contributed by atoms with Crippen LogP contribution >= 0.6 is 0 Å². The molecule has 0 spiro atoms. The molecule has 0 radical (unpaired) electrons. The van der Waals surface area contributed by atoms with E-state index in [1.807, 2.05) is 20.8 Å². The first-order valence-corrected chi connectivity index (χ1v) is 12.5. The van der Waals surface area contributed by atoms with Gasteiger partial charge in [0.05, 0.1) is 30.9 Å². The lowest BCUT2D eigenvalue weighted by atomic mass is 9.94. The smallest absolute Gasteiger partial charge is 0.300 e. The lowest BCUT2D eigenvalue weighted by Gasteiger charge is -2.26. The SMILES string of the molecule is CCOc1cccc(N2C(=O)C(=O)/C(=C(\O)c3cccc(OC(C)C)c3)C2c2ccc(O)c(OCC)c2)c1. The minimum absolute atomic E-state index is 0.0792. The number of benzene rings is 3. The van der Waals surface area contributed by atoms with Crippen LogP contribution in [0.2, 0.25) is 0 Å². The number of aliphatic hydroxyl groups is 1. The monoisotopic (exact) mass is 517 g/mol. The second kappa shape index (κ2) is 11.3. The van der Waals surface area contributed by atoms with Gasteiger partial charge in [0.25, 0.3) is 11.7 Å². The molecule has 3 aromatic rings. The highest BCUT2D eigenvalue weighted by molar-refractivity contribution is 6.51. The normalized spacial score (nSPS) is 16.7. The number of ether oxygens (including phenoxy) is 3. The Morgan fingerprint density at radius 3 is 2.34 bits per heavy atom. The summed E-state index contributed by atoms with van der Waals surface area (Å²) in [4.78, 5) is 28.3. The van der Waals surface area contributed by atoms with E-state index in [1.54, 1.807) is 67.6 Å². The first-order valence-electron chi connectivity index (χ1n) is 12.5. The number of rotatable bonds is 9. The van der Waals surface area contributed by atoms with Crippen LogP contribution in [0.4, 0.5) is 5.69 Å². The number of anilines is 1. The Morgan fingerprint density at radius 1 is 0.921 bits per heavy atom. The summed E-state index contributed by atoms with van der Waals surface area (Å²) in [5.41, 5.74) is 1.14. The van der Waals surface area contributed by atoms with Crippen molar-refractivity contribution < 1.29 is 34.0 Å². The molecule has 8 nitrogen and oxygen atoms in total. The van der Waals surface area contributed by atoms with Crippen molar-refractivity contribution in [3.05, 3.63) is 83.4 Å². The van der Waals surface area contributed by atoms with Crippen molar-refractivity contribution in [3.63, 3.8) is 0 Å². The molecule has 1 fully saturated rings. The maximum absolute atomic E-state index is 13.5. The van der Waals surface area contributed by atoms with Crippen LogP contribution in [0.15, 0.2) is 72.3 Å². The second-order valence-electron chi connectivity index (χ2n) is 8.95. The van der Waals surface area contributed by atoms with Crippen LogP contribution in [0, 0.1) is 0 Å². The Hall–Kier alpha value is -4.46. The molecule has 0 aromatic heterocycles. The molecule has 38 heavy (non-hydrogen) atoms. The molecule has 1 atom stereocenters. The van der Waals surface area contributed by atoms with Crippen LogP contribution in [-0.2, 0) is 9.59 Å².